The first-order valence-corrected chi connectivity index (χ1v) is 3.08. The molecule has 1 atom stereocenters. The second-order valence-corrected chi connectivity index (χ2v) is 1.99. The molecule has 0 fully saturated rings. The molecule has 6 heteroatoms. The van der Waals surface area contributed by atoms with Crippen molar-refractivity contribution in [3.05, 3.63) is 0 Å². The molecule has 0 saturated carbocycles. The maximum Gasteiger partial charge on any atom is 0.251 e. The molecule has 1 unspecified atom stereocenters. The van der Waals surface area contributed by atoms with Gasteiger partial charge in [-0.25, -0.2) is 5.84 Å². The van der Waals surface area contributed by atoms with Crippen molar-refractivity contribution in [3.63, 3.8) is 0 Å². The molecule has 6 N–H and O–H groups in total. The summed E-state index contributed by atoms with van der Waals surface area (Å²) in [5.74, 6) is 3.94. The molecule has 0 aliphatic carbocycles. The standard InChI is InChI=1S/C5H12N4O2/c1-8-4(10)2-3(6)5(11)9-7/h3H,2,6-7H2,1H3,(H,8,10)(H,9,11). The lowest BCUT2D eigenvalue weighted by atomic mass is 10.2. The normalized spacial score (nSPS) is 11.9. The second-order valence-electron chi connectivity index (χ2n) is 1.99. The minimum absolute atomic E-state index is 0.0560. The third kappa shape index (κ3) is 3.54. The van der Waals surface area contributed by atoms with E-state index in [4.69, 9.17) is 11.6 Å². The Morgan fingerprint density at radius 1 is 1.55 bits per heavy atom. The topological polar surface area (TPSA) is 110 Å². The highest BCUT2D eigenvalue weighted by atomic mass is 16.2. The van der Waals surface area contributed by atoms with Crippen LogP contribution in [0.25, 0.3) is 0 Å². The summed E-state index contributed by atoms with van der Waals surface area (Å²) < 4.78 is 0. The van der Waals surface area contributed by atoms with Crippen molar-refractivity contribution in [1.29, 1.82) is 0 Å². The average Bonchev–Trinajstić information content (AvgIpc) is 2.02. The summed E-state index contributed by atoms with van der Waals surface area (Å²) in [5, 5.41) is 2.34. The number of carbonyl (C=O) groups is 2. The molecular formula is C5H12N4O2. The molecule has 0 aromatic carbocycles. The molecule has 0 spiro atoms. The van der Waals surface area contributed by atoms with Crippen LogP contribution in [0.4, 0.5) is 0 Å². The highest BCUT2D eigenvalue weighted by molar-refractivity contribution is 5.87. The van der Waals surface area contributed by atoms with E-state index in [1.165, 1.54) is 7.05 Å². The van der Waals surface area contributed by atoms with E-state index in [0.29, 0.717) is 0 Å². The van der Waals surface area contributed by atoms with Crippen molar-refractivity contribution in [2.45, 2.75) is 12.5 Å². The fourth-order valence-electron chi connectivity index (χ4n) is 0.502. The molecular weight excluding hydrogens is 148 g/mol. The van der Waals surface area contributed by atoms with Crippen LogP contribution in [0.5, 0.6) is 0 Å². The van der Waals surface area contributed by atoms with Gasteiger partial charge >= 0.3 is 0 Å². The third-order valence-corrected chi connectivity index (χ3v) is 1.16. The number of carbonyl (C=O) groups excluding carboxylic acids is 2. The summed E-state index contributed by atoms with van der Waals surface area (Å²) in [5.41, 5.74) is 7.10. The minimum Gasteiger partial charge on any atom is -0.359 e. The fourth-order valence-corrected chi connectivity index (χ4v) is 0.502. The molecule has 0 aliphatic rings. The number of amides is 2. The van der Waals surface area contributed by atoms with E-state index < -0.39 is 11.9 Å². The van der Waals surface area contributed by atoms with E-state index >= 15 is 0 Å². The first kappa shape index (κ1) is 9.86. The minimum atomic E-state index is -0.875. The zero-order valence-electron chi connectivity index (χ0n) is 6.26. The van der Waals surface area contributed by atoms with Gasteiger partial charge in [0, 0.05) is 7.05 Å². The molecule has 0 aromatic heterocycles. The van der Waals surface area contributed by atoms with Gasteiger partial charge in [0.05, 0.1) is 12.5 Å². The molecule has 0 rings (SSSR count). The van der Waals surface area contributed by atoms with Crippen molar-refractivity contribution < 1.29 is 9.59 Å². The van der Waals surface area contributed by atoms with Crippen molar-refractivity contribution in [2.75, 3.05) is 7.05 Å². The Morgan fingerprint density at radius 3 is 2.45 bits per heavy atom. The van der Waals surface area contributed by atoms with Crippen molar-refractivity contribution >= 4 is 11.8 Å². The van der Waals surface area contributed by atoms with E-state index in [-0.39, 0.29) is 12.3 Å². The van der Waals surface area contributed by atoms with Crippen LogP contribution in [0.3, 0.4) is 0 Å². The van der Waals surface area contributed by atoms with Gasteiger partial charge in [-0.15, -0.1) is 0 Å². The number of nitrogens with one attached hydrogen (secondary N) is 2. The maximum atomic E-state index is 10.6. The van der Waals surface area contributed by atoms with Crippen LogP contribution >= 0.6 is 0 Å². The molecule has 0 aromatic rings. The lowest BCUT2D eigenvalue weighted by molar-refractivity contribution is -0.127. The lowest BCUT2D eigenvalue weighted by Crippen LogP contribution is -2.46. The first-order valence-electron chi connectivity index (χ1n) is 3.08. The van der Waals surface area contributed by atoms with Crippen molar-refractivity contribution in [2.24, 2.45) is 11.6 Å². The van der Waals surface area contributed by atoms with Crippen molar-refractivity contribution in [1.82, 2.24) is 10.7 Å². The Kier molecular flexibility index (Phi) is 4.16. The Balaban J connectivity index is 3.77. The summed E-state index contributed by atoms with van der Waals surface area (Å²) in [7, 11) is 1.47. The average molecular weight is 160 g/mol. The van der Waals surface area contributed by atoms with Gasteiger partial charge < -0.3 is 11.1 Å². The lowest BCUT2D eigenvalue weighted by Gasteiger charge is -2.07. The zero-order valence-corrected chi connectivity index (χ0v) is 6.26. The second kappa shape index (κ2) is 4.64. The van der Waals surface area contributed by atoms with Crippen LogP contribution < -0.4 is 22.3 Å². The molecule has 0 saturated heterocycles. The van der Waals surface area contributed by atoms with Gasteiger partial charge in [0.1, 0.15) is 0 Å². The molecule has 2 amide bonds. The number of hydrazine groups is 1. The van der Waals surface area contributed by atoms with Crippen molar-refractivity contribution in [3.8, 4) is 0 Å². The predicted molar refractivity (Wildman–Crippen MR) is 39.0 cm³/mol. The van der Waals surface area contributed by atoms with E-state index in [9.17, 15) is 9.59 Å². The van der Waals surface area contributed by atoms with Gasteiger partial charge in [-0.05, 0) is 0 Å². The highest BCUT2D eigenvalue weighted by Gasteiger charge is 2.14. The molecule has 0 bridgehead atoms. The van der Waals surface area contributed by atoms with E-state index in [1.54, 1.807) is 0 Å². The monoisotopic (exact) mass is 160 g/mol. The van der Waals surface area contributed by atoms with Crippen LogP contribution in [-0.2, 0) is 9.59 Å². The van der Waals surface area contributed by atoms with Crippen LogP contribution in [0.15, 0.2) is 0 Å². The highest BCUT2D eigenvalue weighted by Crippen LogP contribution is 1.86. The SMILES string of the molecule is CNC(=O)CC(N)C(=O)NN. The maximum absolute atomic E-state index is 10.6. The summed E-state index contributed by atoms with van der Waals surface area (Å²) in [6.45, 7) is 0. The van der Waals surface area contributed by atoms with E-state index in [2.05, 4.69) is 5.32 Å². The van der Waals surface area contributed by atoms with Crippen LogP contribution in [-0.4, -0.2) is 24.9 Å². The fraction of sp³-hybridized carbons (Fsp3) is 0.600. The first-order chi connectivity index (χ1) is 5.11. The zero-order chi connectivity index (χ0) is 8.85. The van der Waals surface area contributed by atoms with Gasteiger partial charge in [-0.2, -0.15) is 0 Å². The van der Waals surface area contributed by atoms with Gasteiger partial charge in [0.2, 0.25) is 5.91 Å². The number of hydrogen-bond acceptors (Lipinski definition) is 4. The van der Waals surface area contributed by atoms with E-state index in [1.807, 2.05) is 5.43 Å². The van der Waals surface area contributed by atoms with Gasteiger partial charge in [0.15, 0.2) is 0 Å². The smallest absolute Gasteiger partial charge is 0.251 e. The number of hydrogen-bond donors (Lipinski definition) is 4. The Morgan fingerprint density at radius 2 is 2.09 bits per heavy atom. The largest absolute Gasteiger partial charge is 0.359 e. The summed E-state index contributed by atoms with van der Waals surface area (Å²) >= 11 is 0. The Bertz CT molecular complexity index is 159. The summed E-state index contributed by atoms with van der Waals surface area (Å²) in [6, 6.07) is -0.875. The summed E-state index contributed by atoms with van der Waals surface area (Å²) in [4.78, 5) is 21.3. The predicted octanol–water partition coefficient (Wildman–Crippen LogP) is -2.56. The van der Waals surface area contributed by atoms with Gasteiger partial charge in [-0.1, -0.05) is 0 Å². The molecule has 0 heterocycles. The molecule has 64 valence electrons. The molecule has 11 heavy (non-hydrogen) atoms. The van der Waals surface area contributed by atoms with Crippen LogP contribution in [0.2, 0.25) is 0 Å². The van der Waals surface area contributed by atoms with E-state index in [0.717, 1.165) is 0 Å². The quantitative estimate of drug-likeness (QED) is 0.207. The molecule has 0 aliphatic heterocycles. The van der Waals surface area contributed by atoms with Crippen LogP contribution in [0, 0.1) is 0 Å². The Labute approximate surface area is 64.3 Å². The summed E-state index contributed by atoms with van der Waals surface area (Å²) in [6.07, 6.45) is -0.0560. The molecule has 6 nitrogen and oxygen atoms in total. The van der Waals surface area contributed by atoms with Crippen LogP contribution in [0.1, 0.15) is 6.42 Å². The number of rotatable bonds is 3. The van der Waals surface area contributed by atoms with Gasteiger partial charge in [0.25, 0.3) is 5.91 Å². The molecule has 0 radical (unpaired) electrons. The Hall–Kier alpha value is -1.14. The third-order valence-electron chi connectivity index (χ3n) is 1.16. The van der Waals surface area contributed by atoms with Gasteiger partial charge in [-0.3, -0.25) is 15.0 Å². The number of nitrogens with two attached hydrogens (primary N) is 2.